The van der Waals surface area contributed by atoms with Crippen molar-refractivity contribution < 1.29 is 0 Å². The van der Waals surface area contributed by atoms with Crippen LogP contribution >= 0.6 is 35.0 Å². The van der Waals surface area contributed by atoms with Crippen molar-refractivity contribution in [3.63, 3.8) is 0 Å². The third-order valence-corrected chi connectivity index (χ3v) is 4.21. The Bertz CT molecular complexity index is 516. The van der Waals surface area contributed by atoms with Gasteiger partial charge in [0, 0.05) is 32.6 Å². The van der Waals surface area contributed by atoms with Crippen LogP contribution in [0.4, 0.5) is 0 Å². The Kier molecular flexibility index (Phi) is 4.55. The minimum atomic E-state index is 0.508. The fourth-order valence-corrected chi connectivity index (χ4v) is 3.36. The lowest BCUT2D eigenvalue weighted by Gasteiger charge is -2.11. The third-order valence-electron chi connectivity index (χ3n) is 2.51. The monoisotopic (exact) mass is 285 g/mol. The quantitative estimate of drug-likeness (QED) is 0.579. The molecular weight excluding hydrogens is 273 g/mol. The van der Waals surface area contributed by atoms with E-state index < -0.39 is 0 Å². The lowest BCUT2D eigenvalue weighted by molar-refractivity contribution is 0.913. The number of benzene rings is 1. The van der Waals surface area contributed by atoms with Crippen LogP contribution in [-0.4, -0.2) is 16.1 Å². The summed E-state index contributed by atoms with van der Waals surface area (Å²) in [6.45, 7) is 2.19. The van der Waals surface area contributed by atoms with Crippen molar-refractivity contribution in [3.8, 4) is 0 Å². The van der Waals surface area contributed by atoms with Gasteiger partial charge in [-0.1, -0.05) is 24.6 Å². The van der Waals surface area contributed by atoms with Crippen LogP contribution in [0.5, 0.6) is 0 Å². The van der Waals surface area contributed by atoms with E-state index >= 15 is 0 Å². The molecule has 0 bridgehead atoms. The average Bonchev–Trinajstić information content (AvgIpc) is 2.29. The maximum atomic E-state index is 5.96. The molecule has 0 aliphatic carbocycles. The largest absolute Gasteiger partial charge is 0.256 e. The molecule has 2 aromatic rings. The van der Waals surface area contributed by atoms with Gasteiger partial charge in [0.15, 0.2) is 0 Å². The molecule has 4 heteroatoms. The van der Waals surface area contributed by atoms with Crippen molar-refractivity contribution in [1.82, 2.24) is 4.98 Å². The number of thioether (sulfide) groups is 1. The molecule has 0 saturated heterocycles. The molecule has 0 aliphatic heterocycles. The van der Waals surface area contributed by atoms with Crippen LogP contribution in [-0.2, 0) is 0 Å². The van der Waals surface area contributed by atoms with Gasteiger partial charge in [0.1, 0.15) is 0 Å². The van der Waals surface area contributed by atoms with Gasteiger partial charge in [-0.25, -0.2) is 0 Å². The van der Waals surface area contributed by atoms with Crippen LogP contribution in [0.3, 0.4) is 0 Å². The van der Waals surface area contributed by atoms with E-state index in [1.165, 1.54) is 4.90 Å². The smallest absolute Gasteiger partial charge is 0.0728 e. The molecule has 1 heterocycles. The van der Waals surface area contributed by atoms with Crippen molar-refractivity contribution in [2.24, 2.45) is 0 Å². The first-order valence-electron chi connectivity index (χ1n) is 5.47. The van der Waals surface area contributed by atoms with E-state index in [2.05, 4.69) is 11.9 Å². The average molecular weight is 286 g/mol. The molecule has 0 spiro atoms. The predicted molar refractivity (Wildman–Crippen MR) is 77.4 cm³/mol. The van der Waals surface area contributed by atoms with Crippen LogP contribution < -0.4 is 0 Å². The van der Waals surface area contributed by atoms with Crippen molar-refractivity contribution in [2.45, 2.75) is 23.5 Å². The summed E-state index contributed by atoms with van der Waals surface area (Å²) in [4.78, 5) is 5.57. The molecule has 1 nitrogen and oxygen atoms in total. The number of hydrogen-bond acceptors (Lipinski definition) is 2. The summed E-state index contributed by atoms with van der Waals surface area (Å²) in [6, 6.07) is 7.88. The van der Waals surface area contributed by atoms with Crippen LogP contribution in [0.1, 0.15) is 13.3 Å². The van der Waals surface area contributed by atoms with Crippen LogP contribution in [0.15, 0.2) is 35.4 Å². The number of pyridine rings is 1. The fraction of sp³-hybridized carbons (Fsp3) is 0.308. The zero-order valence-electron chi connectivity index (χ0n) is 9.49. The van der Waals surface area contributed by atoms with Gasteiger partial charge in [-0.3, -0.25) is 4.98 Å². The molecule has 0 saturated carbocycles. The maximum Gasteiger partial charge on any atom is 0.0728 e. The van der Waals surface area contributed by atoms with E-state index in [0.717, 1.165) is 22.3 Å². The molecule has 90 valence electrons. The Labute approximate surface area is 116 Å². The molecule has 1 atom stereocenters. The second-order valence-electron chi connectivity index (χ2n) is 3.88. The third kappa shape index (κ3) is 3.27. The molecule has 0 radical (unpaired) electrons. The van der Waals surface area contributed by atoms with Crippen molar-refractivity contribution >= 4 is 45.9 Å². The fourth-order valence-electron chi connectivity index (χ4n) is 1.63. The van der Waals surface area contributed by atoms with E-state index in [1.807, 2.05) is 42.2 Å². The van der Waals surface area contributed by atoms with Crippen molar-refractivity contribution in [1.29, 1.82) is 0 Å². The highest BCUT2D eigenvalue weighted by Crippen LogP contribution is 2.32. The number of aromatic nitrogens is 1. The van der Waals surface area contributed by atoms with Gasteiger partial charge in [-0.2, -0.15) is 0 Å². The van der Waals surface area contributed by atoms with Gasteiger partial charge in [-0.15, -0.1) is 23.4 Å². The zero-order valence-corrected chi connectivity index (χ0v) is 11.8. The number of alkyl halides is 1. The predicted octanol–water partition coefficient (Wildman–Crippen LogP) is 5.00. The molecule has 2 rings (SSSR count). The summed E-state index contributed by atoms with van der Waals surface area (Å²) in [6.07, 6.45) is 2.83. The summed E-state index contributed by atoms with van der Waals surface area (Å²) >= 11 is 13.6. The highest BCUT2D eigenvalue weighted by Gasteiger charge is 2.07. The number of fused-ring (bicyclic) bond motifs is 1. The van der Waals surface area contributed by atoms with Gasteiger partial charge >= 0.3 is 0 Å². The van der Waals surface area contributed by atoms with Gasteiger partial charge in [0.05, 0.1) is 5.52 Å². The number of halogens is 2. The number of nitrogens with zero attached hydrogens (tertiary/aromatic N) is 1. The molecule has 0 aliphatic rings. The standard InChI is InChI=1S/C13H13Cl2NS/c1-9(4-6-14)17-13-5-7-16-12-8-10(15)2-3-11(12)13/h2-3,5,7-9H,4,6H2,1H3. The second kappa shape index (κ2) is 5.94. The maximum absolute atomic E-state index is 5.96. The SMILES string of the molecule is CC(CCCl)Sc1ccnc2cc(Cl)ccc12. The van der Waals surface area contributed by atoms with Crippen LogP contribution in [0.2, 0.25) is 5.02 Å². The minimum absolute atomic E-state index is 0.508. The minimum Gasteiger partial charge on any atom is -0.256 e. The molecule has 0 N–H and O–H groups in total. The molecule has 1 unspecified atom stereocenters. The molecular formula is C13H13Cl2NS. The Hall–Kier alpha value is -0.440. The Balaban J connectivity index is 2.34. The first-order chi connectivity index (χ1) is 8.20. The molecule has 17 heavy (non-hydrogen) atoms. The molecule has 1 aromatic carbocycles. The number of rotatable bonds is 4. The first kappa shape index (κ1) is 13.0. The lowest BCUT2D eigenvalue weighted by atomic mass is 10.2. The van der Waals surface area contributed by atoms with E-state index in [0.29, 0.717) is 11.1 Å². The van der Waals surface area contributed by atoms with Crippen LogP contribution in [0, 0.1) is 0 Å². The summed E-state index contributed by atoms with van der Waals surface area (Å²) in [7, 11) is 0. The van der Waals surface area contributed by atoms with E-state index in [-0.39, 0.29) is 0 Å². The summed E-state index contributed by atoms with van der Waals surface area (Å²) in [5.41, 5.74) is 0.945. The van der Waals surface area contributed by atoms with Crippen molar-refractivity contribution in [3.05, 3.63) is 35.5 Å². The second-order valence-corrected chi connectivity index (χ2v) is 6.17. The van der Waals surface area contributed by atoms with Crippen molar-refractivity contribution in [2.75, 3.05) is 5.88 Å². The van der Waals surface area contributed by atoms with Gasteiger partial charge in [0.25, 0.3) is 0 Å². The Morgan fingerprint density at radius 1 is 1.35 bits per heavy atom. The Morgan fingerprint density at radius 2 is 2.18 bits per heavy atom. The normalized spacial score (nSPS) is 12.9. The van der Waals surface area contributed by atoms with E-state index in [4.69, 9.17) is 23.2 Å². The van der Waals surface area contributed by atoms with Gasteiger partial charge in [0.2, 0.25) is 0 Å². The summed E-state index contributed by atoms with van der Waals surface area (Å²) in [5, 5.41) is 2.39. The van der Waals surface area contributed by atoms with Crippen LogP contribution in [0.25, 0.3) is 10.9 Å². The molecule has 1 aromatic heterocycles. The van der Waals surface area contributed by atoms with E-state index in [1.54, 1.807) is 0 Å². The summed E-state index contributed by atoms with van der Waals surface area (Å²) < 4.78 is 0. The highest BCUT2D eigenvalue weighted by atomic mass is 35.5. The van der Waals surface area contributed by atoms with Gasteiger partial charge < -0.3 is 0 Å². The highest BCUT2D eigenvalue weighted by molar-refractivity contribution is 8.00. The zero-order chi connectivity index (χ0) is 12.3. The molecule has 0 amide bonds. The van der Waals surface area contributed by atoms with E-state index in [9.17, 15) is 0 Å². The molecule has 0 fully saturated rings. The first-order valence-corrected chi connectivity index (χ1v) is 7.27. The summed E-state index contributed by atoms with van der Waals surface area (Å²) in [5.74, 6) is 0.697. The topological polar surface area (TPSA) is 12.9 Å². The Morgan fingerprint density at radius 3 is 2.94 bits per heavy atom. The number of hydrogen-bond donors (Lipinski definition) is 0. The van der Waals surface area contributed by atoms with Gasteiger partial charge in [-0.05, 0) is 24.6 Å². The lowest BCUT2D eigenvalue weighted by Crippen LogP contribution is -1.96.